The first kappa shape index (κ1) is 14.5. The van der Waals surface area contributed by atoms with Crippen molar-refractivity contribution in [3.8, 4) is 0 Å². The molecular weight excluding hydrogens is 309 g/mol. The number of amides is 1. The highest BCUT2D eigenvalue weighted by Crippen LogP contribution is 2.26. The second-order valence-electron chi connectivity index (χ2n) is 5.30. The number of halogens is 2. The van der Waals surface area contributed by atoms with Crippen LogP contribution in [0.1, 0.15) is 41.6 Å². The molecule has 1 aromatic carbocycles. The summed E-state index contributed by atoms with van der Waals surface area (Å²) in [5.74, 6) is -0.0429. The summed E-state index contributed by atoms with van der Waals surface area (Å²) in [6.45, 7) is 1.79. The van der Waals surface area contributed by atoms with Crippen molar-refractivity contribution < 1.29 is 9.18 Å². The molecule has 2 rings (SSSR count). The van der Waals surface area contributed by atoms with Gasteiger partial charge in [-0.15, -0.1) is 0 Å². The molecule has 0 saturated heterocycles. The normalized spacial score (nSPS) is 23.1. The van der Waals surface area contributed by atoms with Gasteiger partial charge in [-0.2, -0.15) is 0 Å². The first-order chi connectivity index (χ1) is 9.10. The fourth-order valence-corrected chi connectivity index (χ4v) is 3.48. The van der Waals surface area contributed by atoms with E-state index in [4.69, 9.17) is 0 Å². The Bertz CT molecular complexity index is 443. The molecule has 0 radical (unpaired) electrons. The maximum absolute atomic E-state index is 13.3. The van der Waals surface area contributed by atoms with Crippen LogP contribution in [0.25, 0.3) is 0 Å². The van der Waals surface area contributed by atoms with Crippen molar-refractivity contribution in [1.82, 2.24) is 5.32 Å². The van der Waals surface area contributed by atoms with Crippen LogP contribution >= 0.6 is 15.9 Å². The first-order valence-corrected chi connectivity index (χ1v) is 7.86. The first-order valence-electron chi connectivity index (χ1n) is 6.74. The maximum atomic E-state index is 13.3. The van der Waals surface area contributed by atoms with Crippen molar-refractivity contribution in [3.63, 3.8) is 0 Å². The van der Waals surface area contributed by atoms with Gasteiger partial charge >= 0.3 is 0 Å². The average molecular weight is 328 g/mol. The van der Waals surface area contributed by atoms with Crippen molar-refractivity contribution in [1.29, 1.82) is 0 Å². The molecule has 104 valence electrons. The molecule has 1 aromatic rings. The zero-order chi connectivity index (χ0) is 13.8. The SMILES string of the molecule is Cc1cc(F)cc(C(=O)NC2CCCCC2CBr)c1. The zero-order valence-corrected chi connectivity index (χ0v) is 12.7. The predicted octanol–water partition coefficient (Wildman–Crippen LogP) is 3.82. The van der Waals surface area contributed by atoms with Gasteiger partial charge in [-0.3, -0.25) is 4.79 Å². The molecule has 19 heavy (non-hydrogen) atoms. The quantitative estimate of drug-likeness (QED) is 0.840. The van der Waals surface area contributed by atoms with E-state index in [1.165, 1.54) is 18.6 Å². The van der Waals surface area contributed by atoms with E-state index in [0.29, 0.717) is 11.5 Å². The van der Waals surface area contributed by atoms with Crippen LogP contribution in [0.2, 0.25) is 0 Å². The number of carbonyl (C=O) groups is 1. The van der Waals surface area contributed by atoms with E-state index in [-0.39, 0.29) is 17.8 Å². The number of hydrogen-bond donors (Lipinski definition) is 1. The van der Waals surface area contributed by atoms with E-state index in [1.54, 1.807) is 13.0 Å². The van der Waals surface area contributed by atoms with Crippen LogP contribution in [-0.2, 0) is 0 Å². The maximum Gasteiger partial charge on any atom is 0.251 e. The molecule has 1 N–H and O–H groups in total. The Balaban J connectivity index is 2.07. The summed E-state index contributed by atoms with van der Waals surface area (Å²) in [4.78, 5) is 12.2. The third-order valence-corrected chi connectivity index (χ3v) is 4.56. The summed E-state index contributed by atoms with van der Waals surface area (Å²) in [6, 6.07) is 4.65. The lowest BCUT2D eigenvalue weighted by atomic mass is 9.86. The molecular formula is C15H19BrFNO. The summed E-state index contributed by atoms with van der Waals surface area (Å²) < 4.78 is 13.3. The van der Waals surface area contributed by atoms with Crippen molar-refractivity contribution in [2.24, 2.45) is 5.92 Å². The number of carbonyl (C=O) groups excluding carboxylic acids is 1. The van der Waals surface area contributed by atoms with E-state index in [9.17, 15) is 9.18 Å². The van der Waals surface area contributed by atoms with Gasteiger partial charge in [0, 0.05) is 16.9 Å². The number of aryl methyl sites for hydroxylation is 1. The highest BCUT2D eigenvalue weighted by atomic mass is 79.9. The lowest BCUT2D eigenvalue weighted by Crippen LogP contribution is -2.42. The smallest absolute Gasteiger partial charge is 0.251 e. The van der Waals surface area contributed by atoms with E-state index >= 15 is 0 Å². The monoisotopic (exact) mass is 327 g/mol. The highest BCUT2D eigenvalue weighted by Gasteiger charge is 2.25. The molecule has 1 saturated carbocycles. The molecule has 2 atom stereocenters. The fraction of sp³-hybridized carbons (Fsp3) is 0.533. The Morgan fingerprint density at radius 3 is 2.79 bits per heavy atom. The van der Waals surface area contributed by atoms with Gasteiger partial charge in [0.15, 0.2) is 0 Å². The molecule has 1 aliphatic carbocycles. The minimum atomic E-state index is -0.356. The summed E-state index contributed by atoms with van der Waals surface area (Å²) in [6.07, 6.45) is 4.52. The van der Waals surface area contributed by atoms with Crippen LogP contribution in [0.15, 0.2) is 18.2 Å². The Kier molecular flexibility index (Phi) is 4.97. The number of hydrogen-bond acceptors (Lipinski definition) is 1. The zero-order valence-electron chi connectivity index (χ0n) is 11.1. The molecule has 0 aliphatic heterocycles. The molecule has 0 spiro atoms. The van der Waals surface area contributed by atoms with Gasteiger partial charge < -0.3 is 5.32 Å². The largest absolute Gasteiger partial charge is 0.349 e. The van der Waals surface area contributed by atoms with Gasteiger partial charge in [-0.25, -0.2) is 4.39 Å². The fourth-order valence-electron chi connectivity index (χ4n) is 2.70. The number of rotatable bonds is 3. The van der Waals surface area contributed by atoms with Gasteiger partial charge in [-0.1, -0.05) is 28.8 Å². The van der Waals surface area contributed by atoms with Gasteiger partial charge in [0.2, 0.25) is 0 Å². The Hall–Kier alpha value is -0.900. The van der Waals surface area contributed by atoms with Crippen molar-refractivity contribution >= 4 is 21.8 Å². The lowest BCUT2D eigenvalue weighted by molar-refractivity contribution is 0.0911. The van der Waals surface area contributed by atoms with Gasteiger partial charge in [0.05, 0.1) is 0 Å². The van der Waals surface area contributed by atoms with Crippen LogP contribution in [0.3, 0.4) is 0 Å². The summed E-state index contributed by atoms with van der Waals surface area (Å²) in [7, 11) is 0. The molecule has 2 unspecified atom stereocenters. The summed E-state index contributed by atoms with van der Waals surface area (Å²) in [5, 5.41) is 3.96. The third kappa shape index (κ3) is 3.78. The topological polar surface area (TPSA) is 29.1 Å². The van der Waals surface area contributed by atoms with Crippen molar-refractivity contribution in [2.75, 3.05) is 5.33 Å². The van der Waals surface area contributed by atoms with E-state index in [0.717, 1.165) is 30.2 Å². The minimum absolute atomic E-state index is 0.166. The number of benzene rings is 1. The Morgan fingerprint density at radius 2 is 2.11 bits per heavy atom. The van der Waals surface area contributed by atoms with Crippen LogP contribution in [0, 0.1) is 18.7 Å². The van der Waals surface area contributed by atoms with Crippen LogP contribution in [0.5, 0.6) is 0 Å². The molecule has 2 nitrogen and oxygen atoms in total. The summed E-state index contributed by atoms with van der Waals surface area (Å²) >= 11 is 3.51. The molecule has 1 fully saturated rings. The molecule has 1 amide bonds. The minimum Gasteiger partial charge on any atom is -0.349 e. The van der Waals surface area contributed by atoms with Gasteiger partial charge in [-0.05, 0) is 49.4 Å². The third-order valence-electron chi connectivity index (χ3n) is 3.73. The van der Waals surface area contributed by atoms with Gasteiger partial charge in [0.1, 0.15) is 5.82 Å². The predicted molar refractivity (Wildman–Crippen MR) is 78.1 cm³/mol. The van der Waals surface area contributed by atoms with E-state index in [2.05, 4.69) is 21.2 Å². The second kappa shape index (κ2) is 6.51. The van der Waals surface area contributed by atoms with Crippen molar-refractivity contribution in [2.45, 2.75) is 38.6 Å². The standard InChI is InChI=1S/C15H19BrFNO/c1-10-6-12(8-13(17)7-10)15(19)18-14-5-3-2-4-11(14)9-16/h6-8,11,14H,2-5,9H2,1H3,(H,18,19). The van der Waals surface area contributed by atoms with Gasteiger partial charge in [0.25, 0.3) is 5.91 Å². The Morgan fingerprint density at radius 1 is 1.37 bits per heavy atom. The number of nitrogens with one attached hydrogen (secondary N) is 1. The van der Waals surface area contributed by atoms with Crippen LogP contribution in [0.4, 0.5) is 4.39 Å². The second-order valence-corrected chi connectivity index (χ2v) is 5.94. The van der Waals surface area contributed by atoms with Crippen molar-refractivity contribution in [3.05, 3.63) is 35.1 Å². The molecule has 0 heterocycles. The average Bonchev–Trinajstić information content (AvgIpc) is 2.38. The highest BCUT2D eigenvalue weighted by molar-refractivity contribution is 9.09. The van der Waals surface area contributed by atoms with Crippen LogP contribution < -0.4 is 5.32 Å². The molecule has 1 aliphatic rings. The van der Waals surface area contributed by atoms with E-state index in [1.807, 2.05) is 0 Å². The summed E-state index contributed by atoms with van der Waals surface area (Å²) in [5.41, 5.74) is 1.18. The molecule has 4 heteroatoms. The lowest BCUT2D eigenvalue weighted by Gasteiger charge is -2.31. The molecule has 0 aromatic heterocycles. The van der Waals surface area contributed by atoms with E-state index < -0.39 is 0 Å². The number of alkyl halides is 1. The molecule has 0 bridgehead atoms. The van der Waals surface area contributed by atoms with Crippen LogP contribution in [-0.4, -0.2) is 17.3 Å². The Labute approximate surface area is 121 Å².